The molecule has 6 atom stereocenters. The van der Waals surface area contributed by atoms with Crippen LogP contribution in [0.4, 0.5) is 0 Å². The van der Waals surface area contributed by atoms with Gasteiger partial charge < -0.3 is 30.1 Å². The number of nitrogens with zero attached hydrogens (tertiary/aromatic N) is 2. The number of aromatic hydroxyl groups is 1. The number of aromatic nitrogens is 1. The molecule has 0 bridgehead atoms. The number of halogens is 1. The molecule has 0 aliphatic heterocycles. The molecule has 11 nitrogen and oxygen atoms in total. The van der Waals surface area contributed by atoms with Crippen LogP contribution in [0.15, 0.2) is 29.6 Å². The highest BCUT2D eigenvalue weighted by molar-refractivity contribution is 14.1. The van der Waals surface area contributed by atoms with Gasteiger partial charge in [-0.2, -0.15) is 0 Å². The summed E-state index contributed by atoms with van der Waals surface area (Å²) in [6, 6.07) is 6.41. The number of carbonyl (C=O) groups is 3. The van der Waals surface area contributed by atoms with E-state index in [1.165, 1.54) is 11.3 Å². The average Bonchev–Trinajstić information content (AvgIpc) is 3.58. The Labute approximate surface area is 310 Å². The van der Waals surface area contributed by atoms with Gasteiger partial charge in [-0.3, -0.25) is 19.7 Å². The standard InChI is InChI=1S/C36H58IN5O6S/c1-8-12-31(44)48-23-42(36(46)32(24(3)9-2)41-34(47-7)25(4)13-10-11-19-38-6)20-18-26(5)35-39-29(22-49-35)33(45)40-30(37)21-27-14-16-28(43)17-15-27/h14-17,22,24-26,30,32,34,38,41,43H,8-13,18-21,23H2,1-7H3,(H,40,45)/t24?,25-,26-,30+,32+,34?/m1/s1. The van der Waals surface area contributed by atoms with Crippen molar-refractivity contribution < 1.29 is 29.0 Å². The first-order valence-corrected chi connectivity index (χ1v) is 19.6. The van der Waals surface area contributed by atoms with Gasteiger partial charge in [-0.15, -0.1) is 11.3 Å². The van der Waals surface area contributed by atoms with E-state index in [1.807, 2.05) is 33.0 Å². The minimum atomic E-state index is -0.521. The van der Waals surface area contributed by atoms with Crippen molar-refractivity contribution in [2.45, 2.75) is 108 Å². The number of unbranched alkanes of at least 4 members (excludes halogenated alkanes) is 1. The van der Waals surface area contributed by atoms with Crippen molar-refractivity contribution in [2.75, 3.05) is 34.0 Å². The molecule has 2 unspecified atom stereocenters. The van der Waals surface area contributed by atoms with Crippen LogP contribution in [0, 0.1) is 11.8 Å². The van der Waals surface area contributed by atoms with Crippen LogP contribution in [0.3, 0.4) is 0 Å². The second-order valence-electron chi connectivity index (χ2n) is 12.8. The highest BCUT2D eigenvalue weighted by atomic mass is 127. The van der Waals surface area contributed by atoms with E-state index in [9.17, 15) is 19.5 Å². The maximum absolute atomic E-state index is 14.2. The van der Waals surface area contributed by atoms with E-state index in [2.05, 4.69) is 64.3 Å². The predicted molar refractivity (Wildman–Crippen MR) is 204 cm³/mol. The van der Waals surface area contributed by atoms with Crippen molar-refractivity contribution in [1.82, 2.24) is 25.8 Å². The first-order valence-electron chi connectivity index (χ1n) is 17.5. The van der Waals surface area contributed by atoms with Gasteiger partial charge in [0, 0.05) is 37.8 Å². The molecule has 4 N–H and O–H groups in total. The largest absolute Gasteiger partial charge is 0.508 e. The van der Waals surface area contributed by atoms with Crippen LogP contribution in [0.1, 0.15) is 107 Å². The summed E-state index contributed by atoms with van der Waals surface area (Å²) >= 11 is 3.60. The molecular formula is C36H58IN5O6S. The van der Waals surface area contributed by atoms with Gasteiger partial charge in [0.15, 0.2) is 6.73 Å². The molecule has 1 aromatic carbocycles. The number of nitrogens with one attached hydrogen (secondary N) is 3. The van der Waals surface area contributed by atoms with E-state index in [0.29, 0.717) is 37.9 Å². The molecule has 13 heteroatoms. The minimum absolute atomic E-state index is 0.0173. The summed E-state index contributed by atoms with van der Waals surface area (Å²) in [4.78, 5) is 45.8. The van der Waals surface area contributed by atoms with Crippen molar-refractivity contribution in [3.63, 3.8) is 0 Å². The number of amides is 2. The maximum atomic E-state index is 14.2. The second-order valence-corrected chi connectivity index (χ2v) is 15.2. The third-order valence-corrected chi connectivity index (χ3v) is 10.6. The van der Waals surface area contributed by atoms with Gasteiger partial charge in [0.2, 0.25) is 5.91 Å². The van der Waals surface area contributed by atoms with E-state index < -0.39 is 6.04 Å². The summed E-state index contributed by atoms with van der Waals surface area (Å²) in [5.74, 6) is -0.335. The van der Waals surface area contributed by atoms with Gasteiger partial charge in [-0.1, -0.05) is 82.2 Å². The van der Waals surface area contributed by atoms with Crippen LogP contribution >= 0.6 is 33.9 Å². The average molecular weight is 816 g/mol. The SMILES string of the molecule is CCCC(=O)OCN(CC[C@@H](C)c1nc(C(=O)N[C@H](I)Cc2ccc(O)cc2)cs1)C(=O)[C@@H](NC(OC)[C@H](C)CCCCNC)C(C)CC. The zero-order chi connectivity index (χ0) is 36.3. The number of methoxy groups -OCH3 is 1. The number of hydrogen-bond donors (Lipinski definition) is 4. The van der Waals surface area contributed by atoms with Crippen molar-refractivity contribution >= 4 is 51.7 Å². The summed E-state index contributed by atoms with van der Waals surface area (Å²) in [5.41, 5.74) is 1.36. The van der Waals surface area contributed by atoms with Gasteiger partial charge in [0.1, 0.15) is 17.7 Å². The lowest BCUT2D eigenvalue weighted by atomic mass is 9.95. The molecule has 1 heterocycles. The van der Waals surface area contributed by atoms with E-state index in [1.54, 1.807) is 29.5 Å². The first-order chi connectivity index (χ1) is 23.4. The number of thiazole rings is 1. The summed E-state index contributed by atoms with van der Waals surface area (Å²) in [6.45, 7) is 11.4. The fourth-order valence-electron chi connectivity index (χ4n) is 5.33. The van der Waals surface area contributed by atoms with Crippen molar-refractivity contribution in [2.24, 2.45) is 11.8 Å². The Bertz CT molecular complexity index is 1260. The molecule has 276 valence electrons. The fourth-order valence-corrected chi connectivity index (χ4v) is 7.02. The summed E-state index contributed by atoms with van der Waals surface area (Å²) in [5, 5.41) is 21.8. The number of benzene rings is 1. The van der Waals surface area contributed by atoms with Crippen molar-refractivity contribution in [3.05, 3.63) is 45.9 Å². The topological polar surface area (TPSA) is 142 Å². The fraction of sp³-hybridized carbons (Fsp3) is 0.667. The molecular weight excluding hydrogens is 757 g/mol. The van der Waals surface area contributed by atoms with Crippen LogP contribution in [0.25, 0.3) is 0 Å². The minimum Gasteiger partial charge on any atom is -0.508 e. The molecule has 1 aromatic heterocycles. The van der Waals surface area contributed by atoms with Gasteiger partial charge >= 0.3 is 5.97 Å². The van der Waals surface area contributed by atoms with Crippen LogP contribution in [0.5, 0.6) is 5.75 Å². The number of phenols is 1. The predicted octanol–water partition coefficient (Wildman–Crippen LogP) is 6.21. The first kappa shape index (κ1) is 42.8. The number of hydrogen-bond acceptors (Lipinski definition) is 10. The Morgan fingerprint density at radius 2 is 1.78 bits per heavy atom. The highest BCUT2D eigenvalue weighted by Gasteiger charge is 2.33. The molecule has 0 spiro atoms. The van der Waals surface area contributed by atoms with Gasteiger partial charge in [0.25, 0.3) is 5.91 Å². The van der Waals surface area contributed by atoms with Crippen LogP contribution in [0.2, 0.25) is 0 Å². The number of esters is 1. The molecule has 0 saturated heterocycles. The lowest BCUT2D eigenvalue weighted by Gasteiger charge is -2.35. The molecule has 2 amide bonds. The third kappa shape index (κ3) is 15.2. The molecule has 2 rings (SSSR count). The van der Waals surface area contributed by atoms with E-state index >= 15 is 0 Å². The Morgan fingerprint density at radius 1 is 1.06 bits per heavy atom. The highest BCUT2D eigenvalue weighted by Crippen LogP contribution is 2.25. The molecule has 49 heavy (non-hydrogen) atoms. The summed E-state index contributed by atoms with van der Waals surface area (Å²) in [6.07, 6.45) is 5.72. The maximum Gasteiger partial charge on any atom is 0.307 e. The lowest BCUT2D eigenvalue weighted by Crippen LogP contribution is -2.55. The number of rotatable bonds is 24. The number of alkyl halides is 1. The van der Waals surface area contributed by atoms with Crippen LogP contribution < -0.4 is 16.0 Å². The summed E-state index contributed by atoms with van der Waals surface area (Å²) < 4.78 is 11.3. The Hall–Kier alpha value is -2.33. The molecule has 0 fully saturated rings. The molecule has 0 saturated carbocycles. The Balaban J connectivity index is 2.12. The second kappa shape index (κ2) is 23.2. The van der Waals surface area contributed by atoms with Crippen LogP contribution in [-0.2, 0) is 25.5 Å². The molecule has 0 radical (unpaired) electrons. The number of phenolic OH excluding ortho intramolecular Hbond substituents is 1. The smallest absolute Gasteiger partial charge is 0.307 e. The Morgan fingerprint density at radius 3 is 2.41 bits per heavy atom. The van der Waals surface area contributed by atoms with E-state index in [4.69, 9.17) is 9.47 Å². The molecule has 2 aromatic rings. The monoisotopic (exact) mass is 815 g/mol. The van der Waals surface area contributed by atoms with Gasteiger partial charge in [-0.25, -0.2) is 4.98 Å². The van der Waals surface area contributed by atoms with E-state index in [0.717, 1.165) is 42.8 Å². The summed E-state index contributed by atoms with van der Waals surface area (Å²) in [7, 11) is 3.62. The normalized spacial score (nSPS) is 15.1. The number of ether oxygens (including phenoxy) is 2. The van der Waals surface area contributed by atoms with Crippen LogP contribution in [-0.4, -0.2) is 83.1 Å². The van der Waals surface area contributed by atoms with Crippen molar-refractivity contribution in [3.8, 4) is 5.75 Å². The van der Waals surface area contributed by atoms with E-state index in [-0.39, 0.29) is 58.3 Å². The molecule has 0 aliphatic rings. The zero-order valence-electron chi connectivity index (χ0n) is 30.3. The van der Waals surface area contributed by atoms with Gasteiger partial charge in [-0.05, 0) is 68.8 Å². The third-order valence-electron chi connectivity index (χ3n) is 8.72. The zero-order valence-corrected chi connectivity index (χ0v) is 33.3. The quantitative estimate of drug-likeness (QED) is 0.0243. The Kier molecular flexibility index (Phi) is 20.3. The van der Waals surface area contributed by atoms with Crippen molar-refractivity contribution in [1.29, 1.82) is 0 Å². The lowest BCUT2D eigenvalue weighted by molar-refractivity contribution is -0.155. The number of carbonyl (C=O) groups excluding carboxylic acids is 3. The van der Waals surface area contributed by atoms with Gasteiger partial charge in [0.05, 0.1) is 15.1 Å². The molecule has 0 aliphatic carbocycles.